The van der Waals surface area contributed by atoms with Crippen LogP contribution in [0.15, 0.2) is 47.2 Å². The number of rotatable bonds is 7. The average Bonchev–Trinajstić information content (AvgIpc) is 2.49. The lowest BCUT2D eigenvalue weighted by Crippen LogP contribution is -2.31. The molecule has 0 aliphatic heterocycles. The van der Waals surface area contributed by atoms with E-state index in [-0.39, 0.29) is 0 Å². The summed E-state index contributed by atoms with van der Waals surface area (Å²) >= 11 is 9.77. The molecule has 21 heavy (non-hydrogen) atoms. The second kappa shape index (κ2) is 8.52. The van der Waals surface area contributed by atoms with Crippen molar-refractivity contribution in [2.45, 2.75) is 32.2 Å². The quantitative estimate of drug-likeness (QED) is 0.770. The molecule has 2 aromatic rings. The maximum Gasteiger partial charge on any atom is 0.0449 e. The van der Waals surface area contributed by atoms with E-state index in [0.717, 1.165) is 35.3 Å². The second-order valence-corrected chi connectivity index (χ2v) is 6.42. The normalized spacial score (nSPS) is 12.3. The topological polar surface area (TPSA) is 24.9 Å². The first kappa shape index (κ1) is 16.5. The van der Waals surface area contributed by atoms with Gasteiger partial charge in [-0.05, 0) is 55.1 Å². The van der Waals surface area contributed by atoms with Crippen LogP contribution in [-0.2, 0) is 12.8 Å². The second-order valence-electron chi connectivity index (χ2n) is 5.09. The fourth-order valence-corrected chi connectivity index (χ4v) is 3.16. The minimum atomic E-state index is 0.425. The van der Waals surface area contributed by atoms with Crippen molar-refractivity contribution in [3.8, 4) is 0 Å². The Morgan fingerprint density at radius 3 is 2.86 bits per heavy atom. The molecule has 4 heteroatoms. The van der Waals surface area contributed by atoms with Crippen LogP contribution in [0.3, 0.4) is 0 Å². The van der Waals surface area contributed by atoms with Crippen LogP contribution in [0.5, 0.6) is 0 Å². The molecule has 0 fully saturated rings. The maximum atomic E-state index is 6.32. The average molecular weight is 368 g/mol. The number of nitrogens with zero attached hydrogens (tertiary/aromatic N) is 1. The molecule has 0 aliphatic rings. The van der Waals surface area contributed by atoms with Crippen molar-refractivity contribution in [1.29, 1.82) is 0 Å². The molecule has 0 amide bonds. The zero-order valence-electron chi connectivity index (χ0n) is 12.2. The van der Waals surface area contributed by atoms with Gasteiger partial charge in [-0.1, -0.05) is 46.6 Å². The third-order valence-corrected chi connectivity index (χ3v) is 4.32. The van der Waals surface area contributed by atoms with Gasteiger partial charge in [0.25, 0.3) is 0 Å². The number of likely N-dealkylation sites (N-methyl/N-ethyl adjacent to an activating group) is 1. The lowest BCUT2D eigenvalue weighted by Gasteiger charge is -2.18. The Morgan fingerprint density at radius 2 is 2.19 bits per heavy atom. The number of halogens is 2. The van der Waals surface area contributed by atoms with Crippen molar-refractivity contribution in [1.82, 2.24) is 10.3 Å². The van der Waals surface area contributed by atoms with Crippen LogP contribution in [0.2, 0.25) is 5.02 Å². The van der Waals surface area contributed by atoms with Crippen LogP contribution in [-0.4, -0.2) is 17.6 Å². The minimum Gasteiger partial charge on any atom is -0.314 e. The first-order valence-corrected chi connectivity index (χ1v) is 8.42. The van der Waals surface area contributed by atoms with Gasteiger partial charge in [0.15, 0.2) is 0 Å². The molecule has 1 unspecified atom stereocenters. The van der Waals surface area contributed by atoms with Gasteiger partial charge in [0.2, 0.25) is 0 Å². The van der Waals surface area contributed by atoms with E-state index in [1.54, 1.807) is 0 Å². The molecule has 2 nitrogen and oxygen atoms in total. The summed E-state index contributed by atoms with van der Waals surface area (Å²) in [6.07, 6.45) is 6.80. The SMILES string of the molecule is CCNC(CCc1cccnc1)Cc1ccc(Br)cc1Cl. The predicted molar refractivity (Wildman–Crippen MR) is 92.9 cm³/mol. The first-order valence-electron chi connectivity index (χ1n) is 7.25. The molecule has 2 rings (SSSR count). The van der Waals surface area contributed by atoms with E-state index in [1.165, 1.54) is 11.1 Å². The standard InChI is InChI=1S/C17H20BrClN2/c1-2-21-16(8-5-13-4-3-9-20-12-13)10-14-6-7-15(18)11-17(14)19/h3-4,6-7,9,11-12,16,21H,2,5,8,10H2,1H3. The fraction of sp³-hybridized carbons (Fsp3) is 0.353. The Bertz CT molecular complexity index is 560. The Balaban J connectivity index is 1.98. The third-order valence-electron chi connectivity index (χ3n) is 3.48. The Labute approximate surface area is 140 Å². The third kappa shape index (κ3) is 5.42. The van der Waals surface area contributed by atoms with Crippen molar-refractivity contribution in [2.75, 3.05) is 6.54 Å². The fourth-order valence-electron chi connectivity index (χ4n) is 2.40. The van der Waals surface area contributed by atoms with Crippen LogP contribution in [0.4, 0.5) is 0 Å². The Morgan fingerprint density at radius 1 is 1.33 bits per heavy atom. The molecule has 1 aromatic heterocycles. The van der Waals surface area contributed by atoms with Crippen LogP contribution in [0.1, 0.15) is 24.5 Å². The highest BCUT2D eigenvalue weighted by molar-refractivity contribution is 9.10. The lowest BCUT2D eigenvalue weighted by molar-refractivity contribution is 0.491. The number of benzene rings is 1. The lowest BCUT2D eigenvalue weighted by atomic mass is 9.99. The van der Waals surface area contributed by atoms with Crippen LogP contribution >= 0.6 is 27.5 Å². The molecule has 112 valence electrons. The number of hydrogen-bond acceptors (Lipinski definition) is 2. The molecular formula is C17H20BrClN2. The van der Waals surface area contributed by atoms with Gasteiger partial charge in [0.1, 0.15) is 0 Å². The minimum absolute atomic E-state index is 0.425. The van der Waals surface area contributed by atoms with E-state index in [9.17, 15) is 0 Å². The van der Waals surface area contributed by atoms with E-state index in [0.29, 0.717) is 6.04 Å². The van der Waals surface area contributed by atoms with Crippen molar-refractivity contribution in [2.24, 2.45) is 0 Å². The maximum absolute atomic E-state index is 6.32. The van der Waals surface area contributed by atoms with Gasteiger partial charge < -0.3 is 5.32 Å². The largest absolute Gasteiger partial charge is 0.314 e. The number of aryl methyl sites for hydroxylation is 1. The summed E-state index contributed by atoms with van der Waals surface area (Å²) in [6.45, 7) is 3.10. The van der Waals surface area contributed by atoms with Gasteiger partial charge in [-0.25, -0.2) is 0 Å². The highest BCUT2D eigenvalue weighted by Crippen LogP contribution is 2.23. The van der Waals surface area contributed by atoms with Gasteiger partial charge in [-0.2, -0.15) is 0 Å². The van der Waals surface area contributed by atoms with E-state index in [4.69, 9.17) is 11.6 Å². The molecule has 0 saturated heterocycles. The smallest absolute Gasteiger partial charge is 0.0449 e. The molecule has 1 atom stereocenters. The molecule has 0 aliphatic carbocycles. The van der Waals surface area contributed by atoms with Gasteiger partial charge >= 0.3 is 0 Å². The number of nitrogens with one attached hydrogen (secondary N) is 1. The van der Waals surface area contributed by atoms with Gasteiger partial charge in [-0.3, -0.25) is 4.98 Å². The summed E-state index contributed by atoms with van der Waals surface area (Å²) in [5.74, 6) is 0. The number of hydrogen-bond donors (Lipinski definition) is 1. The van der Waals surface area contributed by atoms with E-state index < -0.39 is 0 Å². The summed E-state index contributed by atoms with van der Waals surface area (Å²) < 4.78 is 1.02. The number of aromatic nitrogens is 1. The monoisotopic (exact) mass is 366 g/mol. The molecule has 1 N–H and O–H groups in total. The summed E-state index contributed by atoms with van der Waals surface area (Å²) in [5, 5.41) is 4.38. The first-order chi connectivity index (χ1) is 10.2. The highest BCUT2D eigenvalue weighted by Gasteiger charge is 2.11. The number of pyridine rings is 1. The van der Waals surface area contributed by atoms with E-state index >= 15 is 0 Å². The van der Waals surface area contributed by atoms with Crippen LogP contribution in [0, 0.1) is 0 Å². The zero-order valence-corrected chi connectivity index (χ0v) is 14.5. The molecule has 0 saturated carbocycles. The molecule has 0 spiro atoms. The van der Waals surface area contributed by atoms with Gasteiger partial charge in [0, 0.05) is 27.9 Å². The predicted octanol–water partition coefficient (Wildman–Crippen LogP) is 4.65. The molecular weight excluding hydrogens is 348 g/mol. The van der Waals surface area contributed by atoms with E-state index in [1.807, 2.05) is 30.6 Å². The molecule has 0 bridgehead atoms. The Hall–Kier alpha value is -0.900. The van der Waals surface area contributed by atoms with E-state index in [2.05, 4.69) is 45.3 Å². The van der Waals surface area contributed by atoms with Crippen molar-refractivity contribution in [3.63, 3.8) is 0 Å². The van der Waals surface area contributed by atoms with Crippen LogP contribution in [0.25, 0.3) is 0 Å². The van der Waals surface area contributed by atoms with Gasteiger partial charge in [-0.15, -0.1) is 0 Å². The summed E-state index contributed by atoms with van der Waals surface area (Å²) in [4.78, 5) is 4.17. The van der Waals surface area contributed by atoms with Crippen molar-refractivity contribution < 1.29 is 0 Å². The van der Waals surface area contributed by atoms with Gasteiger partial charge in [0.05, 0.1) is 0 Å². The molecule has 1 heterocycles. The summed E-state index contributed by atoms with van der Waals surface area (Å²) in [5.41, 5.74) is 2.47. The molecule has 1 aromatic carbocycles. The van der Waals surface area contributed by atoms with Crippen molar-refractivity contribution >= 4 is 27.5 Å². The zero-order chi connectivity index (χ0) is 15.1. The molecule has 0 radical (unpaired) electrons. The summed E-state index contributed by atoms with van der Waals surface area (Å²) in [6, 6.07) is 10.6. The van der Waals surface area contributed by atoms with Crippen LogP contribution < -0.4 is 5.32 Å². The summed E-state index contributed by atoms with van der Waals surface area (Å²) in [7, 11) is 0. The van der Waals surface area contributed by atoms with Crippen molar-refractivity contribution in [3.05, 3.63) is 63.3 Å². The Kier molecular flexibility index (Phi) is 6.68. The highest BCUT2D eigenvalue weighted by atomic mass is 79.9.